The standard InChI is InChI=1S/C9H18N2O2/c1-7(12)10-9-3-5-11(6-4-9)8(2)13/h7,9-10,12H,3-6H2,1-2H3. The first-order chi connectivity index (χ1) is 6.09. The molecule has 0 saturated carbocycles. The molecule has 0 aromatic rings. The third-order valence-corrected chi connectivity index (χ3v) is 2.42. The van der Waals surface area contributed by atoms with E-state index in [1.54, 1.807) is 13.8 Å². The summed E-state index contributed by atoms with van der Waals surface area (Å²) in [6.07, 6.45) is 1.42. The van der Waals surface area contributed by atoms with Crippen molar-refractivity contribution in [1.82, 2.24) is 10.2 Å². The van der Waals surface area contributed by atoms with Crippen molar-refractivity contribution in [2.45, 2.75) is 39.0 Å². The Hall–Kier alpha value is -0.610. The lowest BCUT2D eigenvalue weighted by Gasteiger charge is -2.32. The van der Waals surface area contributed by atoms with Crippen molar-refractivity contribution >= 4 is 5.91 Å². The van der Waals surface area contributed by atoms with E-state index in [1.807, 2.05) is 4.90 Å². The van der Waals surface area contributed by atoms with Crippen LogP contribution in [0.1, 0.15) is 26.7 Å². The molecule has 4 nitrogen and oxygen atoms in total. The predicted octanol–water partition coefficient (Wildman–Crippen LogP) is -0.0748. The van der Waals surface area contributed by atoms with Crippen LogP contribution >= 0.6 is 0 Å². The predicted molar refractivity (Wildman–Crippen MR) is 50.1 cm³/mol. The average Bonchev–Trinajstić information content (AvgIpc) is 2.04. The number of likely N-dealkylation sites (tertiary alicyclic amines) is 1. The highest BCUT2D eigenvalue weighted by Gasteiger charge is 2.20. The summed E-state index contributed by atoms with van der Waals surface area (Å²) in [5, 5.41) is 12.1. The highest BCUT2D eigenvalue weighted by atomic mass is 16.3. The summed E-state index contributed by atoms with van der Waals surface area (Å²) in [6, 6.07) is 0.357. The minimum Gasteiger partial charge on any atom is -0.379 e. The van der Waals surface area contributed by atoms with Gasteiger partial charge in [-0.15, -0.1) is 0 Å². The fraction of sp³-hybridized carbons (Fsp3) is 0.889. The molecular formula is C9H18N2O2. The van der Waals surface area contributed by atoms with Crippen molar-refractivity contribution in [1.29, 1.82) is 0 Å². The first kappa shape index (κ1) is 10.5. The largest absolute Gasteiger partial charge is 0.379 e. The van der Waals surface area contributed by atoms with Gasteiger partial charge in [0.2, 0.25) is 5.91 Å². The van der Waals surface area contributed by atoms with Gasteiger partial charge in [-0.1, -0.05) is 0 Å². The summed E-state index contributed by atoms with van der Waals surface area (Å²) < 4.78 is 0. The smallest absolute Gasteiger partial charge is 0.219 e. The Morgan fingerprint density at radius 1 is 1.54 bits per heavy atom. The van der Waals surface area contributed by atoms with Gasteiger partial charge in [-0.3, -0.25) is 10.1 Å². The van der Waals surface area contributed by atoms with E-state index in [9.17, 15) is 4.79 Å². The third-order valence-electron chi connectivity index (χ3n) is 2.42. The Balaban J connectivity index is 2.26. The van der Waals surface area contributed by atoms with Crippen molar-refractivity contribution in [3.05, 3.63) is 0 Å². The van der Waals surface area contributed by atoms with E-state index in [2.05, 4.69) is 5.32 Å². The Labute approximate surface area is 78.9 Å². The van der Waals surface area contributed by atoms with Crippen LogP contribution < -0.4 is 5.32 Å². The van der Waals surface area contributed by atoms with Crippen molar-refractivity contribution in [2.24, 2.45) is 0 Å². The maximum absolute atomic E-state index is 11.0. The van der Waals surface area contributed by atoms with Crippen LogP contribution in [0.4, 0.5) is 0 Å². The molecule has 0 bridgehead atoms. The lowest BCUT2D eigenvalue weighted by atomic mass is 10.1. The second-order valence-electron chi connectivity index (χ2n) is 3.62. The summed E-state index contributed by atoms with van der Waals surface area (Å²) in [4.78, 5) is 12.8. The lowest BCUT2D eigenvalue weighted by molar-refractivity contribution is -0.130. The number of aliphatic hydroxyl groups excluding tert-OH is 1. The van der Waals surface area contributed by atoms with Gasteiger partial charge < -0.3 is 10.0 Å². The molecule has 4 heteroatoms. The number of hydrogen-bond acceptors (Lipinski definition) is 3. The van der Waals surface area contributed by atoms with Crippen LogP contribution in [-0.2, 0) is 4.79 Å². The second kappa shape index (κ2) is 4.58. The summed E-state index contributed by atoms with van der Waals surface area (Å²) in [5.74, 6) is 0.149. The number of aliphatic hydroxyl groups is 1. The Kier molecular flexibility index (Phi) is 3.69. The molecule has 0 aromatic heterocycles. The van der Waals surface area contributed by atoms with Gasteiger partial charge in [0.15, 0.2) is 0 Å². The minimum absolute atomic E-state index is 0.149. The summed E-state index contributed by atoms with van der Waals surface area (Å²) in [5.41, 5.74) is 0. The maximum atomic E-state index is 11.0. The maximum Gasteiger partial charge on any atom is 0.219 e. The molecule has 1 aliphatic heterocycles. The van der Waals surface area contributed by atoms with Gasteiger partial charge in [0, 0.05) is 26.1 Å². The van der Waals surface area contributed by atoms with Gasteiger partial charge in [0.25, 0.3) is 0 Å². The molecule has 1 fully saturated rings. The van der Waals surface area contributed by atoms with E-state index in [1.165, 1.54) is 0 Å². The monoisotopic (exact) mass is 186 g/mol. The number of piperidine rings is 1. The topological polar surface area (TPSA) is 52.6 Å². The molecule has 0 radical (unpaired) electrons. The quantitative estimate of drug-likeness (QED) is 0.593. The molecule has 1 saturated heterocycles. The summed E-state index contributed by atoms with van der Waals surface area (Å²) >= 11 is 0. The van der Waals surface area contributed by atoms with Gasteiger partial charge in [-0.2, -0.15) is 0 Å². The fourth-order valence-electron chi connectivity index (χ4n) is 1.70. The van der Waals surface area contributed by atoms with E-state index in [0.29, 0.717) is 6.04 Å². The highest BCUT2D eigenvalue weighted by Crippen LogP contribution is 2.10. The molecule has 2 N–H and O–H groups in total. The molecule has 0 spiro atoms. The number of nitrogens with zero attached hydrogens (tertiary/aromatic N) is 1. The van der Waals surface area contributed by atoms with Crippen LogP contribution in [0.25, 0.3) is 0 Å². The molecule has 0 aliphatic carbocycles. The number of rotatable bonds is 2. The Morgan fingerprint density at radius 2 is 2.08 bits per heavy atom. The van der Waals surface area contributed by atoms with E-state index in [0.717, 1.165) is 25.9 Å². The molecule has 76 valence electrons. The number of carbonyl (C=O) groups is 1. The van der Waals surface area contributed by atoms with Crippen LogP contribution in [0, 0.1) is 0 Å². The van der Waals surface area contributed by atoms with Gasteiger partial charge in [0.05, 0.1) is 0 Å². The molecular weight excluding hydrogens is 168 g/mol. The zero-order chi connectivity index (χ0) is 9.84. The van der Waals surface area contributed by atoms with Gasteiger partial charge in [-0.05, 0) is 19.8 Å². The summed E-state index contributed by atoms with van der Waals surface area (Å²) in [6.45, 7) is 4.93. The van der Waals surface area contributed by atoms with Crippen molar-refractivity contribution in [3.8, 4) is 0 Å². The molecule has 1 atom stereocenters. The van der Waals surface area contributed by atoms with E-state index in [-0.39, 0.29) is 5.91 Å². The van der Waals surface area contributed by atoms with Gasteiger partial charge in [-0.25, -0.2) is 0 Å². The van der Waals surface area contributed by atoms with Crippen LogP contribution in [0.2, 0.25) is 0 Å². The van der Waals surface area contributed by atoms with Gasteiger partial charge in [0.1, 0.15) is 6.23 Å². The number of amides is 1. The lowest BCUT2D eigenvalue weighted by Crippen LogP contribution is -2.46. The van der Waals surface area contributed by atoms with Crippen molar-refractivity contribution < 1.29 is 9.90 Å². The normalized spacial score (nSPS) is 21.6. The van der Waals surface area contributed by atoms with Crippen LogP contribution in [0.5, 0.6) is 0 Å². The zero-order valence-corrected chi connectivity index (χ0v) is 8.29. The van der Waals surface area contributed by atoms with Crippen LogP contribution in [0.15, 0.2) is 0 Å². The molecule has 1 rings (SSSR count). The Morgan fingerprint density at radius 3 is 2.46 bits per heavy atom. The van der Waals surface area contributed by atoms with E-state index >= 15 is 0 Å². The SMILES string of the molecule is CC(=O)N1CCC(NC(C)O)CC1. The van der Waals surface area contributed by atoms with E-state index in [4.69, 9.17) is 5.11 Å². The van der Waals surface area contributed by atoms with E-state index < -0.39 is 6.23 Å². The molecule has 0 aromatic carbocycles. The first-order valence-corrected chi connectivity index (χ1v) is 4.79. The number of hydrogen-bond donors (Lipinski definition) is 2. The Bertz CT molecular complexity index is 174. The fourth-order valence-corrected chi connectivity index (χ4v) is 1.70. The van der Waals surface area contributed by atoms with Crippen molar-refractivity contribution in [3.63, 3.8) is 0 Å². The first-order valence-electron chi connectivity index (χ1n) is 4.79. The number of carbonyl (C=O) groups excluding carboxylic acids is 1. The zero-order valence-electron chi connectivity index (χ0n) is 8.29. The molecule has 1 amide bonds. The molecule has 13 heavy (non-hydrogen) atoms. The number of nitrogens with one attached hydrogen (secondary N) is 1. The van der Waals surface area contributed by atoms with Gasteiger partial charge >= 0.3 is 0 Å². The third kappa shape index (κ3) is 3.32. The van der Waals surface area contributed by atoms with Crippen LogP contribution in [0.3, 0.4) is 0 Å². The van der Waals surface area contributed by atoms with Crippen molar-refractivity contribution in [2.75, 3.05) is 13.1 Å². The highest BCUT2D eigenvalue weighted by molar-refractivity contribution is 5.73. The molecule has 1 aliphatic rings. The second-order valence-corrected chi connectivity index (χ2v) is 3.62. The van der Waals surface area contributed by atoms with Crippen LogP contribution in [-0.4, -0.2) is 41.3 Å². The summed E-state index contributed by atoms with van der Waals surface area (Å²) in [7, 11) is 0. The molecule has 1 heterocycles. The molecule has 1 unspecified atom stereocenters. The average molecular weight is 186 g/mol. The minimum atomic E-state index is -0.450.